The number of benzene rings is 1. The van der Waals surface area contributed by atoms with Crippen LogP contribution in [-0.2, 0) is 6.42 Å². The molecule has 1 heterocycles. The predicted octanol–water partition coefficient (Wildman–Crippen LogP) is 2.63. The van der Waals surface area contributed by atoms with E-state index in [4.69, 9.17) is 10.2 Å². The van der Waals surface area contributed by atoms with Crippen LogP contribution >= 0.6 is 0 Å². The van der Waals surface area contributed by atoms with E-state index in [2.05, 4.69) is 13.0 Å². The maximum Gasteiger partial charge on any atom is 0.134 e. The number of nitrogens with two attached hydrogens (primary N) is 1. The molecule has 1 aromatic carbocycles. The number of furan rings is 1. The quantitative estimate of drug-likeness (QED) is 0.806. The van der Waals surface area contributed by atoms with Crippen molar-refractivity contribution in [1.29, 1.82) is 0 Å². The van der Waals surface area contributed by atoms with Crippen LogP contribution in [0.3, 0.4) is 0 Å². The smallest absolute Gasteiger partial charge is 0.134 e. The predicted molar refractivity (Wildman–Crippen MR) is 58.3 cm³/mol. The molecule has 0 radical (unpaired) electrons. The SMILES string of the molecule is Cc1c(CCCN)oc2ccccc12. The summed E-state index contributed by atoms with van der Waals surface area (Å²) in [6, 6.07) is 8.14. The van der Waals surface area contributed by atoms with Crippen LogP contribution in [0.4, 0.5) is 0 Å². The first kappa shape index (κ1) is 9.28. The second-order valence-corrected chi connectivity index (χ2v) is 3.54. The Morgan fingerprint density at radius 2 is 2.07 bits per heavy atom. The van der Waals surface area contributed by atoms with E-state index in [9.17, 15) is 0 Å². The molecule has 2 heteroatoms. The van der Waals surface area contributed by atoms with Gasteiger partial charge in [0, 0.05) is 11.8 Å². The molecule has 0 aliphatic heterocycles. The van der Waals surface area contributed by atoms with Gasteiger partial charge in [-0.1, -0.05) is 18.2 Å². The lowest BCUT2D eigenvalue weighted by atomic mass is 10.1. The van der Waals surface area contributed by atoms with E-state index >= 15 is 0 Å². The highest BCUT2D eigenvalue weighted by atomic mass is 16.3. The summed E-state index contributed by atoms with van der Waals surface area (Å²) < 4.78 is 5.75. The largest absolute Gasteiger partial charge is 0.461 e. The Morgan fingerprint density at radius 1 is 1.29 bits per heavy atom. The van der Waals surface area contributed by atoms with Crippen molar-refractivity contribution in [1.82, 2.24) is 0 Å². The summed E-state index contributed by atoms with van der Waals surface area (Å²) in [6.45, 7) is 2.83. The van der Waals surface area contributed by atoms with Crippen molar-refractivity contribution in [2.75, 3.05) is 6.54 Å². The lowest BCUT2D eigenvalue weighted by Gasteiger charge is -1.95. The van der Waals surface area contributed by atoms with E-state index in [0.29, 0.717) is 0 Å². The zero-order chi connectivity index (χ0) is 9.97. The Balaban J connectivity index is 2.41. The highest BCUT2D eigenvalue weighted by Gasteiger charge is 2.08. The van der Waals surface area contributed by atoms with Crippen LogP contribution in [-0.4, -0.2) is 6.54 Å². The van der Waals surface area contributed by atoms with Crippen LogP contribution in [0.15, 0.2) is 28.7 Å². The Kier molecular flexibility index (Phi) is 2.55. The lowest BCUT2D eigenvalue weighted by molar-refractivity contribution is 0.536. The van der Waals surface area contributed by atoms with E-state index in [1.165, 1.54) is 10.9 Å². The highest BCUT2D eigenvalue weighted by molar-refractivity contribution is 5.81. The van der Waals surface area contributed by atoms with Gasteiger partial charge in [0.05, 0.1) is 0 Å². The second kappa shape index (κ2) is 3.84. The summed E-state index contributed by atoms with van der Waals surface area (Å²) in [5.74, 6) is 1.08. The van der Waals surface area contributed by atoms with Crippen LogP contribution in [0.25, 0.3) is 11.0 Å². The molecule has 1 aromatic heterocycles. The second-order valence-electron chi connectivity index (χ2n) is 3.54. The Hall–Kier alpha value is -1.28. The molecule has 0 unspecified atom stereocenters. The molecule has 2 nitrogen and oxygen atoms in total. The standard InChI is InChI=1S/C12H15NO/c1-9-10-5-2-3-6-12(10)14-11(9)7-4-8-13/h2-3,5-6H,4,7-8,13H2,1H3. The van der Waals surface area contributed by atoms with Gasteiger partial charge in [0.1, 0.15) is 11.3 Å². The molecule has 0 bridgehead atoms. The Morgan fingerprint density at radius 3 is 2.79 bits per heavy atom. The summed E-state index contributed by atoms with van der Waals surface area (Å²) >= 11 is 0. The van der Waals surface area contributed by atoms with Crippen LogP contribution in [0.1, 0.15) is 17.7 Å². The number of aryl methyl sites for hydroxylation is 2. The van der Waals surface area contributed by atoms with Gasteiger partial charge < -0.3 is 10.2 Å². The summed E-state index contributed by atoms with van der Waals surface area (Å²) in [7, 11) is 0. The van der Waals surface area contributed by atoms with Crippen molar-refractivity contribution in [3.8, 4) is 0 Å². The van der Waals surface area contributed by atoms with Gasteiger partial charge in [-0.3, -0.25) is 0 Å². The monoisotopic (exact) mass is 189 g/mol. The van der Waals surface area contributed by atoms with E-state index in [-0.39, 0.29) is 0 Å². The number of para-hydroxylation sites is 1. The van der Waals surface area contributed by atoms with Crippen molar-refractivity contribution >= 4 is 11.0 Å². The van der Waals surface area contributed by atoms with Crippen molar-refractivity contribution < 1.29 is 4.42 Å². The summed E-state index contributed by atoms with van der Waals surface area (Å²) in [5.41, 5.74) is 7.72. The fraction of sp³-hybridized carbons (Fsp3) is 0.333. The van der Waals surface area contributed by atoms with Gasteiger partial charge in [-0.2, -0.15) is 0 Å². The molecule has 0 atom stereocenters. The molecule has 2 rings (SSSR count). The van der Waals surface area contributed by atoms with E-state index in [0.717, 1.165) is 30.7 Å². The molecule has 74 valence electrons. The van der Waals surface area contributed by atoms with E-state index < -0.39 is 0 Å². The maximum absolute atomic E-state index is 5.75. The molecule has 14 heavy (non-hydrogen) atoms. The molecule has 0 aliphatic carbocycles. The first-order valence-corrected chi connectivity index (χ1v) is 5.00. The Labute approximate surface area is 83.7 Å². The molecular weight excluding hydrogens is 174 g/mol. The number of fused-ring (bicyclic) bond motifs is 1. The first-order valence-electron chi connectivity index (χ1n) is 5.00. The molecular formula is C12H15NO. The van der Waals surface area contributed by atoms with Crippen molar-refractivity contribution in [2.45, 2.75) is 19.8 Å². The van der Waals surface area contributed by atoms with Gasteiger partial charge in [0.25, 0.3) is 0 Å². The summed E-state index contributed by atoms with van der Waals surface area (Å²) in [4.78, 5) is 0. The molecule has 0 fully saturated rings. The molecule has 0 aliphatic rings. The fourth-order valence-electron chi connectivity index (χ4n) is 1.73. The van der Waals surface area contributed by atoms with Gasteiger partial charge in [0.2, 0.25) is 0 Å². The van der Waals surface area contributed by atoms with Crippen LogP contribution in [0.5, 0.6) is 0 Å². The normalized spacial score (nSPS) is 11.0. The average Bonchev–Trinajstić information content (AvgIpc) is 2.54. The van der Waals surface area contributed by atoms with Gasteiger partial charge in [0.15, 0.2) is 0 Å². The third-order valence-corrected chi connectivity index (χ3v) is 2.55. The fourth-order valence-corrected chi connectivity index (χ4v) is 1.73. The first-order chi connectivity index (χ1) is 6.83. The number of rotatable bonds is 3. The van der Waals surface area contributed by atoms with Crippen LogP contribution in [0.2, 0.25) is 0 Å². The molecule has 0 saturated heterocycles. The van der Waals surface area contributed by atoms with Crippen LogP contribution in [0, 0.1) is 6.92 Å². The third kappa shape index (κ3) is 1.53. The maximum atomic E-state index is 5.75. The minimum Gasteiger partial charge on any atom is -0.461 e. The summed E-state index contributed by atoms with van der Waals surface area (Å²) in [6.07, 6.45) is 1.93. The molecule has 0 spiro atoms. The summed E-state index contributed by atoms with van der Waals surface area (Å²) in [5, 5.41) is 1.22. The van der Waals surface area contributed by atoms with Crippen molar-refractivity contribution in [3.63, 3.8) is 0 Å². The van der Waals surface area contributed by atoms with E-state index in [1.807, 2.05) is 18.2 Å². The molecule has 0 saturated carbocycles. The van der Waals surface area contributed by atoms with Gasteiger partial charge in [-0.15, -0.1) is 0 Å². The van der Waals surface area contributed by atoms with E-state index in [1.54, 1.807) is 0 Å². The minimum absolute atomic E-state index is 0.719. The van der Waals surface area contributed by atoms with Gasteiger partial charge in [-0.25, -0.2) is 0 Å². The topological polar surface area (TPSA) is 39.2 Å². The highest BCUT2D eigenvalue weighted by Crippen LogP contribution is 2.25. The minimum atomic E-state index is 0.719. The van der Waals surface area contributed by atoms with Gasteiger partial charge >= 0.3 is 0 Å². The van der Waals surface area contributed by atoms with Crippen molar-refractivity contribution in [3.05, 3.63) is 35.6 Å². The molecule has 0 amide bonds. The third-order valence-electron chi connectivity index (χ3n) is 2.55. The lowest BCUT2D eigenvalue weighted by Crippen LogP contribution is -2.00. The van der Waals surface area contributed by atoms with Crippen molar-refractivity contribution in [2.24, 2.45) is 5.73 Å². The average molecular weight is 189 g/mol. The Bertz CT molecular complexity index is 431. The number of hydrogen-bond donors (Lipinski definition) is 1. The molecule has 2 N–H and O–H groups in total. The van der Waals surface area contributed by atoms with Crippen LogP contribution < -0.4 is 5.73 Å². The molecule has 2 aromatic rings. The van der Waals surface area contributed by atoms with Gasteiger partial charge in [-0.05, 0) is 31.5 Å². The zero-order valence-electron chi connectivity index (χ0n) is 8.42. The zero-order valence-corrected chi connectivity index (χ0v) is 8.42. The number of hydrogen-bond acceptors (Lipinski definition) is 2.